The number of amides is 1. The molecule has 1 rings (SSSR count). The highest BCUT2D eigenvalue weighted by Crippen LogP contribution is 2.11. The molecule has 0 aliphatic carbocycles. The fourth-order valence-corrected chi connectivity index (χ4v) is 1.71. The summed E-state index contributed by atoms with van der Waals surface area (Å²) in [6.07, 6.45) is 0.944. The monoisotopic (exact) mass is 270 g/mol. The summed E-state index contributed by atoms with van der Waals surface area (Å²) in [7, 11) is 1.61. The fourth-order valence-electron chi connectivity index (χ4n) is 1.71. The maximum atomic E-state index is 11.8. The van der Waals surface area contributed by atoms with E-state index in [4.69, 9.17) is 0 Å². The number of carbonyl (C=O) groups excluding carboxylic acids is 1. The second kappa shape index (κ2) is 6.28. The summed E-state index contributed by atoms with van der Waals surface area (Å²) in [6.45, 7) is 3.85. The molecule has 0 aliphatic rings. The fraction of sp³-hybridized carbons (Fsp3) is 0.636. The van der Waals surface area contributed by atoms with Crippen molar-refractivity contribution in [1.82, 2.24) is 14.5 Å². The van der Waals surface area contributed by atoms with Crippen molar-refractivity contribution in [3.8, 4) is 0 Å². The summed E-state index contributed by atoms with van der Waals surface area (Å²) in [5.41, 5.74) is 0. The van der Waals surface area contributed by atoms with E-state index in [1.807, 2.05) is 0 Å². The van der Waals surface area contributed by atoms with Gasteiger partial charge in [0.25, 0.3) is 0 Å². The summed E-state index contributed by atoms with van der Waals surface area (Å²) in [5.74, 6) is 0.150. The first kappa shape index (κ1) is 15.1. The van der Waals surface area contributed by atoms with Gasteiger partial charge in [-0.1, -0.05) is 0 Å². The third-order valence-corrected chi connectivity index (χ3v) is 2.68. The molecule has 8 heteroatoms. The lowest BCUT2D eigenvalue weighted by Crippen LogP contribution is -2.33. The molecular weight excluding hydrogens is 252 g/mol. The van der Waals surface area contributed by atoms with Gasteiger partial charge in [0.2, 0.25) is 11.7 Å². The van der Waals surface area contributed by atoms with Crippen molar-refractivity contribution in [2.75, 3.05) is 13.6 Å². The van der Waals surface area contributed by atoms with Gasteiger partial charge in [-0.05, 0) is 16.8 Å². The molecule has 0 aromatic carbocycles. The lowest BCUT2D eigenvalue weighted by atomic mass is 10.3. The van der Waals surface area contributed by atoms with Gasteiger partial charge in [-0.25, -0.2) is 0 Å². The number of likely N-dealkylation sites (N-methyl/N-ethyl adjacent to an activating group) is 1. The van der Waals surface area contributed by atoms with Gasteiger partial charge in [0, 0.05) is 33.5 Å². The molecule has 8 nitrogen and oxygen atoms in total. The zero-order chi connectivity index (χ0) is 14.6. The van der Waals surface area contributed by atoms with E-state index in [1.54, 1.807) is 25.5 Å². The van der Waals surface area contributed by atoms with Crippen LogP contribution in [0.25, 0.3) is 0 Å². The van der Waals surface area contributed by atoms with Crippen molar-refractivity contribution in [2.24, 2.45) is 0 Å². The van der Waals surface area contributed by atoms with E-state index in [1.165, 1.54) is 11.1 Å². The van der Waals surface area contributed by atoms with Gasteiger partial charge in [-0.3, -0.25) is 4.79 Å². The standard InChI is InChI=1S/C11H18N4O4/c1-8(16)6-13(3)11(17)4-5-14-7-10(15(18)19)12-9(14)2/h7-8,16H,4-6H2,1-3H3. The Hall–Kier alpha value is -1.96. The molecular formula is C11H18N4O4. The van der Waals surface area contributed by atoms with E-state index in [0.29, 0.717) is 12.4 Å². The topological polar surface area (TPSA) is 102 Å². The zero-order valence-corrected chi connectivity index (χ0v) is 11.2. The Morgan fingerprint density at radius 3 is 2.79 bits per heavy atom. The van der Waals surface area contributed by atoms with Crippen LogP contribution >= 0.6 is 0 Å². The van der Waals surface area contributed by atoms with Crippen LogP contribution in [0.1, 0.15) is 19.2 Å². The second-order valence-corrected chi connectivity index (χ2v) is 4.47. The summed E-state index contributed by atoms with van der Waals surface area (Å²) in [4.78, 5) is 27.0. The highest BCUT2D eigenvalue weighted by Gasteiger charge is 2.17. The highest BCUT2D eigenvalue weighted by atomic mass is 16.6. The van der Waals surface area contributed by atoms with E-state index in [0.717, 1.165) is 0 Å². The number of hydrogen-bond acceptors (Lipinski definition) is 5. The molecule has 0 radical (unpaired) electrons. The number of aryl methyl sites for hydroxylation is 2. The van der Waals surface area contributed by atoms with E-state index in [9.17, 15) is 20.0 Å². The van der Waals surface area contributed by atoms with E-state index in [-0.39, 0.29) is 24.7 Å². The largest absolute Gasteiger partial charge is 0.392 e. The smallest absolute Gasteiger partial charge is 0.381 e. The van der Waals surface area contributed by atoms with Crippen molar-refractivity contribution >= 4 is 11.7 Å². The molecule has 1 aromatic rings. The molecule has 1 atom stereocenters. The van der Waals surface area contributed by atoms with Crippen LogP contribution in [-0.4, -0.2) is 50.1 Å². The predicted molar refractivity (Wildman–Crippen MR) is 67.6 cm³/mol. The summed E-state index contributed by atoms with van der Waals surface area (Å²) < 4.78 is 1.58. The first-order valence-corrected chi connectivity index (χ1v) is 5.91. The third kappa shape index (κ3) is 4.32. The van der Waals surface area contributed by atoms with Gasteiger partial charge in [0.1, 0.15) is 6.20 Å². The first-order valence-electron chi connectivity index (χ1n) is 5.91. The van der Waals surface area contributed by atoms with Crippen LogP contribution in [0.2, 0.25) is 0 Å². The van der Waals surface area contributed by atoms with Crippen LogP contribution in [0.15, 0.2) is 6.20 Å². The highest BCUT2D eigenvalue weighted by molar-refractivity contribution is 5.75. The normalized spacial score (nSPS) is 12.2. The molecule has 0 spiro atoms. The minimum atomic E-state index is -0.579. The van der Waals surface area contributed by atoms with Crippen LogP contribution in [0.3, 0.4) is 0 Å². The number of aromatic nitrogens is 2. The summed E-state index contributed by atoms with van der Waals surface area (Å²) >= 11 is 0. The Morgan fingerprint density at radius 1 is 1.68 bits per heavy atom. The van der Waals surface area contributed by atoms with E-state index in [2.05, 4.69) is 4.98 Å². The lowest BCUT2D eigenvalue weighted by Gasteiger charge is -2.18. The van der Waals surface area contributed by atoms with Crippen molar-refractivity contribution < 1.29 is 14.8 Å². The van der Waals surface area contributed by atoms with Crippen LogP contribution in [0.4, 0.5) is 5.82 Å². The van der Waals surface area contributed by atoms with Crippen LogP contribution in [0.5, 0.6) is 0 Å². The molecule has 1 aromatic heterocycles. The van der Waals surface area contributed by atoms with Gasteiger partial charge in [-0.15, -0.1) is 0 Å². The number of nitrogens with zero attached hydrogens (tertiary/aromatic N) is 4. The maximum Gasteiger partial charge on any atom is 0.381 e. The van der Waals surface area contributed by atoms with Gasteiger partial charge >= 0.3 is 5.82 Å². The lowest BCUT2D eigenvalue weighted by molar-refractivity contribution is -0.389. The first-order chi connectivity index (χ1) is 8.81. The molecule has 0 saturated heterocycles. The summed E-state index contributed by atoms with van der Waals surface area (Å²) in [6, 6.07) is 0. The van der Waals surface area contributed by atoms with Crippen LogP contribution < -0.4 is 0 Å². The third-order valence-electron chi connectivity index (χ3n) is 2.68. The molecule has 0 saturated carbocycles. The quantitative estimate of drug-likeness (QED) is 0.593. The van der Waals surface area contributed by atoms with Gasteiger partial charge in [0.15, 0.2) is 0 Å². The number of carbonyl (C=O) groups is 1. The average Bonchev–Trinajstić information content (AvgIpc) is 2.67. The average molecular weight is 270 g/mol. The minimum absolute atomic E-state index is 0.128. The SMILES string of the molecule is Cc1nc([N+](=O)[O-])cn1CCC(=O)N(C)CC(C)O. The number of rotatable bonds is 6. The number of hydrogen-bond donors (Lipinski definition) is 1. The molecule has 0 bridgehead atoms. The molecule has 1 N–H and O–H groups in total. The Morgan fingerprint density at radius 2 is 2.32 bits per heavy atom. The van der Waals surface area contributed by atoms with Gasteiger partial charge in [0.05, 0.1) is 6.10 Å². The maximum absolute atomic E-state index is 11.8. The van der Waals surface area contributed by atoms with E-state index >= 15 is 0 Å². The van der Waals surface area contributed by atoms with E-state index < -0.39 is 11.0 Å². The van der Waals surface area contributed by atoms with Gasteiger partial charge in [-0.2, -0.15) is 0 Å². The van der Waals surface area contributed by atoms with Crippen LogP contribution in [0, 0.1) is 17.0 Å². The molecule has 19 heavy (non-hydrogen) atoms. The Bertz CT molecular complexity index is 469. The molecule has 1 unspecified atom stereocenters. The zero-order valence-electron chi connectivity index (χ0n) is 11.2. The Balaban J connectivity index is 2.57. The molecule has 0 fully saturated rings. The predicted octanol–water partition coefficient (Wildman–Crippen LogP) is 0.329. The Kier molecular flexibility index (Phi) is 4.99. The summed E-state index contributed by atoms with van der Waals surface area (Å²) in [5, 5.41) is 19.7. The number of nitro groups is 1. The van der Waals surface area contributed by atoms with Crippen molar-refractivity contribution in [3.63, 3.8) is 0 Å². The number of imidazole rings is 1. The molecule has 1 amide bonds. The number of aliphatic hydroxyl groups is 1. The number of aliphatic hydroxyl groups excluding tert-OH is 1. The molecule has 0 aliphatic heterocycles. The van der Waals surface area contributed by atoms with Crippen molar-refractivity contribution in [2.45, 2.75) is 32.9 Å². The van der Waals surface area contributed by atoms with Crippen molar-refractivity contribution in [1.29, 1.82) is 0 Å². The molecule has 1 heterocycles. The van der Waals surface area contributed by atoms with Crippen LogP contribution in [-0.2, 0) is 11.3 Å². The Labute approximate surface area is 110 Å². The second-order valence-electron chi connectivity index (χ2n) is 4.47. The van der Waals surface area contributed by atoms with Gasteiger partial charge < -0.3 is 24.7 Å². The van der Waals surface area contributed by atoms with Crippen molar-refractivity contribution in [3.05, 3.63) is 22.1 Å². The molecule has 106 valence electrons. The minimum Gasteiger partial charge on any atom is -0.392 e.